The normalized spacial score (nSPS) is 15.6. The van der Waals surface area contributed by atoms with Gasteiger partial charge in [-0.15, -0.1) is 0 Å². The zero-order chi connectivity index (χ0) is 28.1. The fourth-order valence-corrected chi connectivity index (χ4v) is 4.48. The van der Waals surface area contributed by atoms with E-state index in [-0.39, 0.29) is 13.2 Å². The number of amides is 2. The first-order valence-corrected chi connectivity index (χ1v) is 13.2. The number of nitrogens with zero attached hydrogens (tertiary/aromatic N) is 6. The number of hydrogen-bond donors (Lipinski definition) is 1. The van der Waals surface area contributed by atoms with E-state index < -0.39 is 23.8 Å². The predicted molar refractivity (Wildman–Crippen MR) is 150 cm³/mol. The molecule has 2 amide bonds. The molecule has 2 aromatic carbocycles. The fraction of sp³-hybridized carbons (Fsp3) is 0.345. The summed E-state index contributed by atoms with van der Waals surface area (Å²) in [5.74, 6) is 1.05. The molecule has 1 aliphatic rings. The second-order valence-electron chi connectivity index (χ2n) is 10.5. The van der Waals surface area contributed by atoms with E-state index in [1.807, 2.05) is 79.9 Å². The van der Waals surface area contributed by atoms with Gasteiger partial charge in [0, 0.05) is 32.4 Å². The average molecular weight is 544 g/mol. The first kappa shape index (κ1) is 26.9. The molecule has 0 bridgehead atoms. The summed E-state index contributed by atoms with van der Waals surface area (Å²) in [7, 11) is 0. The second-order valence-corrected chi connectivity index (χ2v) is 10.5. The minimum atomic E-state index is -0.623. The lowest BCUT2D eigenvalue weighted by molar-refractivity contribution is 0.00267. The third kappa shape index (κ3) is 6.48. The van der Waals surface area contributed by atoms with Gasteiger partial charge in [-0.2, -0.15) is 4.98 Å². The zero-order valence-corrected chi connectivity index (χ0v) is 22.9. The molecule has 208 valence electrons. The van der Waals surface area contributed by atoms with Gasteiger partial charge >= 0.3 is 12.2 Å². The molecule has 0 radical (unpaired) electrons. The fourth-order valence-electron chi connectivity index (χ4n) is 4.48. The number of para-hydroxylation sites is 2. The maximum atomic E-state index is 13.1. The predicted octanol–water partition coefficient (Wildman–Crippen LogP) is 4.49. The van der Waals surface area contributed by atoms with Crippen LogP contribution in [0.3, 0.4) is 0 Å². The molecule has 40 heavy (non-hydrogen) atoms. The highest BCUT2D eigenvalue weighted by molar-refractivity contribution is 5.76. The summed E-state index contributed by atoms with van der Waals surface area (Å²) in [5, 5.41) is 3.25. The minimum absolute atomic E-state index is 0.163. The van der Waals surface area contributed by atoms with Gasteiger partial charge in [0.05, 0.1) is 17.1 Å². The van der Waals surface area contributed by atoms with Gasteiger partial charge in [0.1, 0.15) is 24.4 Å². The van der Waals surface area contributed by atoms with Crippen LogP contribution in [-0.2, 0) is 16.1 Å². The quantitative estimate of drug-likeness (QED) is 0.379. The van der Waals surface area contributed by atoms with Crippen LogP contribution in [0.5, 0.6) is 0 Å². The number of benzene rings is 2. The van der Waals surface area contributed by atoms with Crippen LogP contribution in [0.4, 0.5) is 15.5 Å². The number of rotatable bonds is 6. The number of piperazine rings is 1. The summed E-state index contributed by atoms with van der Waals surface area (Å²) in [6.07, 6.45) is 2.53. The average Bonchev–Trinajstić information content (AvgIpc) is 3.39. The molecule has 3 heterocycles. The molecule has 1 unspecified atom stereocenters. The highest BCUT2D eigenvalue weighted by atomic mass is 16.6. The molecule has 2 aromatic heterocycles. The molecule has 0 saturated carbocycles. The molecule has 11 nitrogen and oxygen atoms in total. The first-order valence-electron chi connectivity index (χ1n) is 13.2. The van der Waals surface area contributed by atoms with Crippen molar-refractivity contribution >= 4 is 29.2 Å². The summed E-state index contributed by atoms with van der Waals surface area (Å²) < 4.78 is 13.1. The minimum Gasteiger partial charge on any atom is -0.445 e. The Balaban J connectivity index is 1.30. The Bertz CT molecular complexity index is 1470. The zero-order valence-electron chi connectivity index (χ0n) is 22.9. The van der Waals surface area contributed by atoms with Crippen LogP contribution in [0.1, 0.15) is 26.3 Å². The number of fused-ring (bicyclic) bond motifs is 1. The van der Waals surface area contributed by atoms with E-state index in [4.69, 9.17) is 9.47 Å². The molecular formula is C29H33N7O4. The van der Waals surface area contributed by atoms with Gasteiger partial charge in [-0.3, -0.25) is 9.47 Å². The lowest BCUT2D eigenvalue weighted by Gasteiger charge is -2.41. The Labute approximate surface area is 232 Å². The van der Waals surface area contributed by atoms with E-state index in [1.165, 1.54) is 0 Å². The van der Waals surface area contributed by atoms with Crippen LogP contribution in [0.15, 0.2) is 73.2 Å². The van der Waals surface area contributed by atoms with Crippen molar-refractivity contribution in [1.29, 1.82) is 0 Å². The molecule has 1 saturated heterocycles. The van der Waals surface area contributed by atoms with Crippen LogP contribution < -0.4 is 5.32 Å². The number of anilines is 1. The summed E-state index contributed by atoms with van der Waals surface area (Å²) in [6, 6.07) is 18.7. The highest BCUT2D eigenvalue weighted by Crippen LogP contribution is 2.19. The van der Waals surface area contributed by atoms with Gasteiger partial charge in [-0.1, -0.05) is 42.5 Å². The molecule has 1 aliphatic heterocycles. The maximum absolute atomic E-state index is 13.1. The molecule has 0 aliphatic carbocycles. The summed E-state index contributed by atoms with van der Waals surface area (Å²) in [5.41, 5.74) is 2.07. The van der Waals surface area contributed by atoms with Crippen LogP contribution in [0.2, 0.25) is 0 Å². The highest BCUT2D eigenvalue weighted by Gasteiger charge is 2.35. The van der Waals surface area contributed by atoms with Gasteiger partial charge < -0.3 is 19.7 Å². The summed E-state index contributed by atoms with van der Waals surface area (Å²) >= 11 is 0. The van der Waals surface area contributed by atoms with E-state index in [0.29, 0.717) is 31.4 Å². The van der Waals surface area contributed by atoms with E-state index >= 15 is 0 Å². The Morgan fingerprint density at radius 1 is 0.975 bits per heavy atom. The number of hydrogen-bond acceptors (Lipinski definition) is 8. The molecule has 5 rings (SSSR count). The van der Waals surface area contributed by atoms with Crippen molar-refractivity contribution in [1.82, 2.24) is 29.3 Å². The van der Waals surface area contributed by atoms with Crippen molar-refractivity contribution in [3.63, 3.8) is 0 Å². The number of aromatic nitrogens is 4. The number of carbonyl (C=O) groups excluding carboxylic acids is 2. The van der Waals surface area contributed by atoms with Gasteiger partial charge in [0.15, 0.2) is 0 Å². The summed E-state index contributed by atoms with van der Waals surface area (Å²) in [6.45, 7) is 6.86. The van der Waals surface area contributed by atoms with Crippen molar-refractivity contribution in [3.05, 3.63) is 78.8 Å². The third-order valence-electron chi connectivity index (χ3n) is 6.41. The molecule has 0 spiro atoms. The number of ether oxygens (including phenoxy) is 2. The van der Waals surface area contributed by atoms with Gasteiger partial charge in [0.25, 0.3) is 0 Å². The van der Waals surface area contributed by atoms with E-state index in [2.05, 4.69) is 20.3 Å². The Kier molecular flexibility index (Phi) is 7.81. The Morgan fingerprint density at radius 3 is 2.55 bits per heavy atom. The van der Waals surface area contributed by atoms with E-state index in [9.17, 15) is 9.59 Å². The largest absolute Gasteiger partial charge is 0.445 e. The van der Waals surface area contributed by atoms with Crippen LogP contribution in [0.25, 0.3) is 16.9 Å². The molecule has 1 N–H and O–H groups in total. The van der Waals surface area contributed by atoms with Crippen molar-refractivity contribution in [3.8, 4) is 5.82 Å². The lowest BCUT2D eigenvalue weighted by Crippen LogP contribution is -2.59. The Morgan fingerprint density at radius 2 is 1.75 bits per heavy atom. The molecule has 11 heteroatoms. The second kappa shape index (κ2) is 11.6. The van der Waals surface area contributed by atoms with E-state index in [0.717, 1.165) is 16.6 Å². The Hall–Kier alpha value is -4.67. The number of carbonyl (C=O) groups is 2. The van der Waals surface area contributed by atoms with Crippen LogP contribution >= 0.6 is 0 Å². The van der Waals surface area contributed by atoms with Crippen molar-refractivity contribution in [2.45, 2.75) is 39.0 Å². The molecule has 1 atom stereocenters. The first-order chi connectivity index (χ1) is 19.3. The molecule has 1 fully saturated rings. The van der Waals surface area contributed by atoms with Gasteiger partial charge in [0.2, 0.25) is 5.95 Å². The van der Waals surface area contributed by atoms with Crippen molar-refractivity contribution in [2.75, 3.05) is 31.5 Å². The molecular weight excluding hydrogens is 510 g/mol. The monoisotopic (exact) mass is 543 g/mol. The topological polar surface area (TPSA) is 115 Å². The third-order valence-corrected chi connectivity index (χ3v) is 6.41. The van der Waals surface area contributed by atoms with Crippen LogP contribution in [0, 0.1) is 0 Å². The van der Waals surface area contributed by atoms with Crippen molar-refractivity contribution in [2.24, 2.45) is 0 Å². The van der Waals surface area contributed by atoms with Gasteiger partial charge in [-0.05, 0) is 44.5 Å². The lowest BCUT2D eigenvalue weighted by atomic mass is 10.1. The maximum Gasteiger partial charge on any atom is 0.410 e. The van der Waals surface area contributed by atoms with E-state index in [1.54, 1.807) is 28.4 Å². The SMILES string of the molecule is CC(C)(C)OC(=O)N1CCN(C(=O)OCc2ccccc2)C(CNc2nccc(-n3cnc4ccccc43)n2)C1. The number of nitrogens with one attached hydrogen (secondary N) is 1. The summed E-state index contributed by atoms with van der Waals surface area (Å²) in [4.78, 5) is 42.7. The molecule has 4 aromatic rings. The number of imidazole rings is 1. The smallest absolute Gasteiger partial charge is 0.410 e. The van der Waals surface area contributed by atoms with Crippen LogP contribution in [-0.4, -0.2) is 79.3 Å². The standard InChI is InChI=1S/C29H33N7O4/c1-29(2,3)40-27(37)34-15-16-35(28(38)39-19-21-9-5-4-6-10-21)22(18-34)17-31-26-30-14-13-25(33-26)36-20-32-23-11-7-8-12-24(23)36/h4-14,20,22H,15-19H2,1-3H3,(H,30,31,33). The van der Waals surface area contributed by atoms with Gasteiger partial charge in [-0.25, -0.2) is 19.6 Å². The van der Waals surface area contributed by atoms with Crippen molar-refractivity contribution < 1.29 is 19.1 Å².